The second-order valence-corrected chi connectivity index (χ2v) is 5.90. The van der Waals surface area contributed by atoms with E-state index in [0.29, 0.717) is 5.02 Å². The molecule has 2 rings (SSSR count). The molecule has 92 valence electrons. The van der Waals surface area contributed by atoms with Gasteiger partial charge in [0.15, 0.2) is 0 Å². The molecule has 4 heteroatoms. The van der Waals surface area contributed by atoms with Gasteiger partial charge in [-0.1, -0.05) is 32.4 Å². The summed E-state index contributed by atoms with van der Waals surface area (Å²) in [4.78, 5) is 4.67. The van der Waals surface area contributed by atoms with Crippen LogP contribution in [0.15, 0.2) is 18.3 Å². The predicted octanol–water partition coefficient (Wildman–Crippen LogP) is 3.30. The molecule has 2 aromatic heterocycles. The maximum atomic E-state index is 6.07. The largest absolute Gasteiger partial charge is 0.323 e. The third kappa shape index (κ3) is 2.17. The van der Waals surface area contributed by atoms with Crippen molar-refractivity contribution in [1.82, 2.24) is 9.38 Å². The van der Waals surface area contributed by atoms with E-state index in [1.807, 2.05) is 29.7 Å². The molecule has 1 unspecified atom stereocenters. The minimum atomic E-state index is -0.0716. The smallest absolute Gasteiger partial charge is 0.137 e. The Morgan fingerprint density at radius 1 is 1.35 bits per heavy atom. The van der Waals surface area contributed by atoms with Gasteiger partial charge in [-0.2, -0.15) is 0 Å². The van der Waals surface area contributed by atoms with E-state index in [2.05, 4.69) is 25.8 Å². The predicted molar refractivity (Wildman–Crippen MR) is 71.5 cm³/mol. The summed E-state index contributed by atoms with van der Waals surface area (Å²) in [6.45, 7) is 8.40. The molecule has 1 atom stereocenters. The van der Waals surface area contributed by atoms with Crippen LogP contribution in [-0.4, -0.2) is 9.38 Å². The maximum absolute atomic E-state index is 6.07. The normalized spacial score (nSPS) is 14.2. The van der Waals surface area contributed by atoms with E-state index < -0.39 is 0 Å². The third-order valence-corrected chi connectivity index (χ3v) is 2.98. The molecule has 0 aliphatic rings. The molecule has 0 aromatic carbocycles. The highest BCUT2D eigenvalue weighted by atomic mass is 35.5. The molecule has 0 bridgehead atoms. The van der Waals surface area contributed by atoms with Crippen LogP contribution in [0, 0.1) is 0 Å². The Hall–Kier alpha value is -1.06. The summed E-state index contributed by atoms with van der Waals surface area (Å²) in [6.07, 6.45) is 1.87. The summed E-state index contributed by atoms with van der Waals surface area (Å²) < 4.78 is 1.99. The molecule has 0 aliphatic carbocycles. The molecule has 17 heavy (non-hydrogen) atoms. The first-order chi connectivity index (χ1) is 7.80. The van der Waals surface area contributed by atoms with Crippen LogP contribution >= 0.6 is 11.6 Å². The molecule has 0 saturated carbocycles. The molecule has 0 aliphatic heterocycles. The van der Waals surface area contributed by atoms with Crippen LogP contribution in [0.3, 0.4) is 0 Å². The second kappa shape index (κ2) is 4.00. The topological polar surface area (TPSA) is 43.3 Å². The van der Waals surface area contributed by atoms with Crippen LogP contribution in [-0.2, 0) is 5.41 Å². The van der Waals surface area contributed by atoms with E-state index in [-0.39, 0.29) is 11.5 Å². The minimum absolute atomic E-state index is 0.0263. The van der Waals surface area contributed by atoms with E-state index in [1.54, 1.807) is 0 Å². The lowest BCUT2D eigenvalue weighted by Crippen LogP contribution is -2.19. The van der Waals surface area contributed by atoms with Crippen molar-refractivity contribution in [3.63, 3.8) is 0 Å². The van der Waals surface area contributed by atoms with E-state index in [1.165, 1.54) is 0 Å². The maximum Gasteiger partial charge on any atom is 0.137 e. The highest BCUT2D eigenvalue weighted by Gasteiger charge is 2.25. The van der Waals surface area contributed by atoms with Crippen LogP contribution in [0.25, 0.3) is 5.65 Å². The standard InChI is InChI=1S/C13H18ClN3/c1-8(15)11-12(13(2,3)4)16-10-6-5-9(14)7-17(10)11/h5-8H,15H2,1-4H3. The number of nitrogens with zero attached hydrogens (tertiary/aromatic N) is 2. The fraction of sp³-hybridized carbons (Fsp3) is 0.462. The summed E-state index contributed by atoms with van der Waals surface area (Å²) >= 11 is 6.03. The van der Waals surface area contributed by atoms with Crippen molar-refractivity contribution in [3.8, 4) is 0 Å². The lowest BCUT2D eigenvalue weighted by molar-refractivity contribution is 0.555. The van der Waals surface area contributed by atoms with Crippen LogP contribution in [0.4, 0.5) is 0 Å². The molecule has 2 heterocycles. The lowest BCUT2D eigenvalue weighted by atomic mass is 9.89. The second-order valence-electron chi connectivity index (χ2n) is 5.46. The van der Waals surface area contributed by atoms with E-state index in [0.717, 1.165) is 17.0 Å². The molecule has 0 spiro atoms. The van der Waals surface area contributed by atoms with Gasteiger partial charge in [-0.25, -0.2) is 4.98 Å². The number of fused-ring (bicyclic) bond motifs is 1. The highest BCUT2D eigenvalue weighted by Crippen LogP contribution is 2.29. The van der Waals surface area contributed by atoms with Gasteiger partial charge in [-0.3, -0.25) is 0 Å². The van der Waals surface area contributed by atoms with Crippen molar-refractivity contribution in [2.75, 3.05) is 0 Å². The van der Waals surface area contributed by atoms with Crippen molar-refractivity contribution < 1.29 is 0 Å². The molecule has 0 amide bonds. The first-order valence-corrected chi connectivity index (χ1v) is 6.12. The van der Waals surface area contributed by atoms with Gasteiger partial charge in [-0.05, 0) is 19.1 Å². The number of pyridine rings is 1. The molecular formula is C13H18ClN3. The first kappa shape index (κ1) is 12.4. The van der Waals surface area contributed by atoms with Gasteiger partial charge in [0.25, 0.3) is 0 Å². The van der Waals surface area contributed by atoms with Gasteiger partial charge in [-0.15, -0.1) is 0 Å². The Labute approximate surface area is 107 Å². The zero-order valence-corrected chi connectivity index (χ0v) is 11.4. The Bertz CT molecular complexity index is 550. The molecule has 0 saturated heterocycles. The third-order valence-electron chi connectivity index (χ3n) is 2.76. The van der Waals surface area contributed by atoms with Gasteiger partial charge in [0, 0.05) is 17.7 Å². The van der Waals surface area contributed by atoms with Crippen molar-refractivity contribution in [1.29, 1.82) is 0 Å². The SMILES string of the molecule is CC(N)c1c(C(C)(C)C)nc2ccc(Cl)cn12. The summed E-state index contributed by atoms with van der Waals surface area (Å²) in [6, 6.07) is 3.70. The average molecular weight is 252 g/mol. The van der Waals surface area contributed by atoms with Gasteiger partial charge < -0.3 is 10.1 Å². The summed E-state index contributed by atoms with van der Waals surface area (Å²) in [7, 11) is 0. The summed E-state index contributed by atoms with van der Waals surface area (Å²) in [5, 5.41) is 0.692. The van der Waals surface area contributed by atoms with E-state index >= 15 is 0 Å². The van der Waals surface area contributed by atoms with Crippen molar-refractivity contribution in [2.24, 2.45) is 5.73 Å². The van der Waals surface area contributed by atoms with Crippen molar-refractivity contribution in [3.05, 3.63) is 34.7 Å². The van der Waals surface area contributed by atoms with E-state index in [4.69, 9.17) is 17.3 Å². The number of hydrogen-bond donors (Lipinski definition) is 1. The van der Waals surface area contributed by atoms with Crippen LogP contribution in [0.1, 0.15) is 45.1 Å². The Morgan fingerprint density at radius 2 is 2.00 bits per heavy atom. The molecule has 3 nitrogen and oxygen atoms in total. The fourth-order valence-corrected chi connectivity index (χ4v) is 2.18. The lowest BCUT2D eigenvalue weighted by Gasteiger charge is -2.19. The van der Waals surface area contributed by atoms with Crippen molar-refractivity contribution in [2.45, 2.75) is 39.2 Å². The van der Waals surface area contributed by atoms with Gasteiger partial charge in [0.2, 0.25) is 0 Å². The highest BCUT2D eigenvalue weighted by molar-refractivity contribution is 6.30. The summed E-state index contributed by atoms with van der Waals surface area (Å²) in [5.74, 6) is 0. The Balaban J connectivity index is 2.81. The first-order valence-electron chi connectivity index (χ1n) is 5.74. The zero-order valence-electron chi connectivity index (χ0n) is 10.7. The van der Waals surface area contributed by atoms with Crippen LogP contribution in [0.5, 0.6) is 0 Å². The van der Waals surface area contributed by atoms with Gasteiger partial charge in [0.1, 0.15) is 5.65 Å². The van der Waals surface area contributed by atoms with Crippen LogP contribution in [0.2, 0.25) is 5.02 Å². The monoisotopic (exact) mass is 251 g/mol. The molecule has 0 radical (unpaired) electrons. The molecule has 0 fully saturated rings. The van der Waals surface area contributed by atoms with Crippen LogP contribution < -0.4 is 5.73 Å². The number of imidazole rings is 1. The Kier molecular flexibility index (Phi) is 2.92. The molecule has 2 aromatic rings. The average Bonchev–Trinajstić information content (AvgIpc) is 2.55. The number of aromatic nitrogens is 2. The number of nitrogens with two attached hydrogens (primary N) is 1. The zero-order chi connectivity index (χ0) is 12.8. The quantitative estimate of drug-likeness (QED) is 0.845. The summed E-state index contributed by atoms with van der Waals surface area (Å²) in [5.41, 5.74) is 9.01. The number of hydrogen-bond acceptors (Lipinski definition) is 2. The Morgan fingerprint density at radius 3 is 2.53 bits per heavy atom. The number of rotatable bonds is 1. The van der Waals surface area contributed by atoms with E-state index in [9.17, 15) is 0 Å². The fourth-order valence-electron chi connectivity index (χ4n) is 2.02. The molecule has 2 N–H and O–H groups in total. The van der Waals surface area contributed by atoms with Gasteiger partial charge in [0.05, 0.1) is 16.4 Å². The van der Waals surface area contributed by atoms with Crippen molar-refractivity contribution >= 4 is 17.2 Å². The van der Waals surface area contributed by atoms with Gasteiger partial charge >= 0.3 is 0 Å². The molecular weight excluding hydrogens is 234 g/mol. The number of halogens is 1. The minimum Gasteiger partial charge on any atom is -0.323 e.